The van der Waals surface area contributed by atoms with Crippen LogP contribution in [-0.4, -0.2) is 16.5 Å². The molecule has 0 spiro atoms. The fourth-order valence-electron chi connectivity index (χ4n) is 2.14. The van der Waals surface area contributed by atoms with Gasteiger partial charge in [0.05, 0.1) is 0 Å². The van der Waals surface area contributed by atoms with E-state index in [0.717, 1.165) is 35.6 Å². The van der Waals surface area contributed by atoms with Gasteiger partial charge in [-0.3, -0.25) is 0 Å². The van der Waals surface area contributed by atoms with E-state index < -0.39 is 0 Å². The summed E-state index contributed by atoms with van der Waals surface area (Å²) in [5, 5.41) is 0.698. The van der Waals surface area contributed by atoms with Crippen LogP contribution in [-0.2, 0) is 6.42 Å². The smallest absolute Gasteiger partial charge is 0.159 e. The second-order valence-corrected chi connectivity index (χ2v) is 5.04. The Hall–Kier alpha value is -1.45. The third kappa shape index (κ3) is 3.31. The van der Waals surface area contributed by atoms with Gasteiger partial charge in [0.2, 0.25) is 0 Å². The molecule has 2 rings (SSSR count). The monoisotopic (exact) mass is 275 g/mol. The molecule has 0 atom stereocenters. The molecule has 0 saturated carbocycles. The lowest BCUT2D eigenvalue weighted by Gasteiger charge is -2.10. The normalized spacial score (nSPS) is 10.7. The molecule has 19 heavy (non-hydrogen) atoms. The van der Waals surface area contributed by atoms with Crippen molar-refractivity contribution in [3.8, 4) is 11.4 Å². The lowest BCUT2D eigenvalue weighted by Crippen LogP contribution is -2.06. The molecular weight excluding hydrogens is 258 g/mol. The van der Waals surface area contributed by atoms with Crippen LogP contribution in [0.3, 0.4) is 0 Å². The zero-order valence-electron chi connectivity index (χ0n) is 11.3. The Labute approximate surface area is 118 Å². The number of hydrogen-bond acceptors (Lipinski definition) is 3. The number of benzene rings is 1. The molecule has 0 fully saturated rings. The number of halogens is 1. The summed E-state index contributed by atoms with van der Waals surface area (Å²) in [4.78, 5) is 9.18. The maximum absolute atomic E-state index is 6.00. The Bertz CT molecular complexity index is 558. The van der Waals surface area contributed by atoms with Crippen LogP contribution < -0.4 is 5.73 Å². The molecule has 0 aliphatic heterocycles. The molecule has 0 aliphatic rings. The van der Waals surface area contributed by atoms with Crippen LogP contribution in [0.25, 0.3) is 11.4 Å². The van der Waals surface area contributed by atoms with Gasteiger partial charge < -0.3 is 5.73 Å². The SMILES string of the molecule is Cc1nc(-c2cccc(Cl)c2)nc(C)c1CCCN. The van der Waals surface area contributed by atoms with E-state index in [2.05, 4.69) is 9.97 Å². The van der Waals surface area contributed by atoms with Crippen molar-refractivity contribution in [1.29, 1.82) is 0 Å². The minimum atomic E-state index is 0.689. The number of nitrogens with zero attached hydrogens (tertiary/aromatic N) is 2. The van der Waals surface area contributed by atoms with Gasteiger partial charge in [-0.25, -0.2) is 9.97 Å². The van der Waals surface area contributed by atoms with Gasteiger partial charge in [-0.15, -0.1) is 0 Å². The third-order valence-electron chi connectivity index (χ3n) is 3.13. The van der Waals surface area contributed by atoms with Crippen molar-refractivity contribution in [1.82, 2.24) is 9.97 Å². The first-order valence-corrected chi connectivity index (χ1v) is 6.79. The van der Waals surface area contributed by atoms with Gasteiger partial charge in [0.15, 0.2) is 5.82 Å². The molecule has 100 valence electrons. The van der Waals surface area contributed by atoms with Crippen LogP contribution in [0.15, 0.2) is 24.3 Å². The fraction of sp³-hybridized carbons (Fsp3) is 0.333. The van der Waals surface area contributed by atoms with E-state index in [4.69, 9.17) is 17.3 Å². The summed E-state index contributed by atoms with van der Waals surface area (Å²) in [6.45, 7) is 4.73. The predicted molar refractivity (Wildman–Crippen MR) is 79.3 cm³/mol. The zero-order valence-corrected chi connectivity index (χ0v) is 12.0. The molecule has 3 nitrogen and oxygen atoms in total. The Morgan fingerprint density at radius 2 is 1.84 bits per heavy atom. The Morgan fingerprint density at radius 1 is 1.16 bits per heavy atom. The summed E-state index contributed by atoms with van der Waals surface area (Å²) < 4.78 is 0. The molecule has 0 saturated heterocycles. The fourth-order valence-corrected chi connectivity index (χ4v) is 2.33. The molecule has 0 radical (unpaired) electrons. The second kappa shape index (κ2) is 6.13. The standard InChI is InChI=1S/C15H18ClN3/c1-10-14(7-4-8-17)11(2)19-15(18-10)12-5-3-6-13(16)9-12/h3,5-6,9H,4,7-8,17H2,1-2H3. The summed E-state index contributed by atoms with van der Waals surface area (Å²) in [7, 11) is 0. The van der Waals surface area contributed by atoms with E-state index in [0.29, 0.717) is 11.6 Å². The molecule has 0 unspecified atom stereocenters. The average molecular weight is 276 g/mol. The first-order chi connectivity index (χ1) is 9.11. The highest BCUT2D eigenvalue weighted by atomic mass is 35.5. The summed E-state index contributed by atoms with van der Waals surface area (Å²) in [5.74, 6) is 0.731. The highest BCUT2D eigenvalue weighted by molar-refractivity contribution is 6.30. The number of nitrogens with two attached hydrogens (primary N) is 1. The van der Waals surface area contributed by atoms with Gasteiger partial charge in [-0.05, 0) is 50.9 Å². The van der Waals surface area contributed by atoms with E-state index >= 15 is 0 Å². The summed E-state index contributed by atoms with van der Waals surface area (Å²) in [5.41, 5.74) is 9.76. The second-order valence-electron chi connectivity index (χ2n) is 4.60. The molecule has 0 aliphatic carbocycles. The van der Waals surface area contributed by atoms with Gasteiger partial charge in [0.1, 0.15) is 0 Å². The zero-order chi connectivity index (χ0) is 13.8. The highest BCUT2D eigenvalue weighted by Gasteiger charge is 2.09. The average Bonchev–Trinajstić information content (AvgIpc) is 2.37. The number of rotatable bonds is 4. The van der Waals surface area contributed by atoms with Crippen LogP contribution in [0, 0.1) is 13.8 Å². The summed E-state index contributed by atoms with van der Waals surface area (Å²) in [6, 6.07) is 7.61. The summed E-state index contributed by atoms with van der Waals surface area (Å²) >= 11 is 6.00. The first kappa shape index (κ1) is 14.0. The Kier molecular flexibility index (Phi) is 4.51. The van der Waals surface area contributed by atoms with E-state index in [1.54, 1.807) is 0 Å². The molecule has 0 amide bonds. The minimum absolute atomic E-state index is 0.689. The van der Waals surface area contributed by atoms with Crippen LogP contribution in [0.4, 0.5) is 0 Å². The van der Waals surface area contributed by atoms with Gasteiger partial charge >= 0.3 is 0 Å². The largest absolute Gasteiger partial charge is 0.330 e. The molecule has 2 N–H and O–H groups in total. The van der Waals surface area contributed by atoms with Crippen molar-refractivity contribution >= 4 is 11.6 Å². The molecule has 1 aromatic heterocycles. The third-order valence-corrected chi connectivity index (χ3v) is 3.37. The number of hydrogen-bond donors (Lipinski definition) is 1. The van der Waals surface area contributed by atoms with Crippen LogP contribution in [0.5, 0.6) is 0 Å². The molecule has 2 aromatic rings. The van der Waals surface area contributed by atoms with E-state index in [-0.39, 0.29) is 0 Å². The van der Waals surface area contributed by atoms with Crippen LogP contribution in [0.2, 0.25) is 5.02 Å². The predicted octanol–water partition coefficient (Wildman–Crippen LogP) is 3.31. The van der Waals surface area contributed by atoms with Gasteiger partial charge in [-0.1, -0.05) is 23.7 Å². The number of aromatic nitrogens is 2. The Balaban J connectivity index is 2.39. The van der Waals surface area contributed by atoms with Crippen LogP contribution >= 0.6 is 11.6 Å². The van der Waals surface area contributed by atoms with E-state index in [9.17, 15) is 0 Å². The minimum Gasteiger partial charge on any atom is -0.330 e. The Morgan fingerprint density at radius 3 is 2.42 bits per heavy atom. The molecule has 1 aromatic carbocycles. The molecular formula is C15H18ClN3. The molecule has 0 bridgehead atoms. The number of aryl methyl sites for hydroxylation is 2. The van der Waals surface area contributed by atoms with E-state index in [1.807, 2.05) is 38.1 Å². The molecule has 1 heterocycles. The topological polar surface area (TPSA) is 51.8 Å². The maximum atomic E-state index is 6.00. The van der Waals surface area contributed by atoms with Gasteiger partial charge in [0, 0.05) is 22.0 Å². The van der Waals surface area contributed by atoms with Crippen molar-refractivity contribution in [3.63, 3.8) is 0 Å². The van der Waals surface area contributed by atoms with Gasteiger partial charge in [0.25, 0.3) is 0 Å². The van der Waals surface area contributed by atoms with Crippen LogP contribution in [0.1, 0.15) is 23.4 Å². The first-order valence-electron chi connectivity index (χ1n) is 6.42. The van der Waals surface area contributed by atoms with Gasteiger partial charge in [-0.2, -0.15) is 0 Å². The maximum Gasteiger partial charge on any atom is 0.159 e. The van der Waals surface area contributed by atoms with Crippen molar-refractivity contribution in [2.75, 3.05) is 6.54 Å². The quantitative estimate of drug-likeness (QED) is 0.931. The van der Waals surface area contributed by atoms with Crippen molar-refractivity contribution < 1.29 is 0 Å². The highest BCUT2D eigenvalue weighted by Crippen LogP contribution is 2.22. The van der Waals surface area contributed by atoms with E-state index in [1.165, 1.54) is 5.56 Å². The van der Waals surface area contributed by atoms with Crippen molar-refractivity contribution in [2.45, 2.75) is 26.7 Å². The lowest BCUT2D eigenvalue weighted by atomic mass is 10.1. The lowest BCUT2D eigenvalue weighted by molar-refractivity contribution is 0.806. The van der Waals surface area contributed by atoms with Crippen molar-refractivity contribution in [2.24, 2.45) is 5.73 Å². The summed E-state index contributed by atoms with van der Waals surface area (Å²) in [6.07, 6.45) is 1.89. The van der Waals surface area contributed by atoms with Crippen molar-refractivity contribution in [3.05, 3.63) is 46.2 Å². The molecule has 4 heteroatoms.